The van der Waals surface area contributed by atoms with Crippen molar-refractivity contribution in [3.8, 4) is 0 Å². The van der Waals surface area contributed by atoms with E-state index in [-0.39, 0.29) is 0 Å². The summed E-state index contributed by atoms with van der Waals surface area (Å²) >= 11 is 0. The monoisotopic (exact) mass is 264 g/mol. The fourth-order valence-corrected chi connectivity index (χ4v) is 2.16. The van der Waals surface area contributed by atoms with Gasteiger partial charge in [-0.1, -0.05) is 50.3 Å². The van der Waals surface area contributed by atoms with E-state index in [0.717, 1.165) is 19.1 Å². The van der Waals surface area contributed by atoms with Crippen LogP contribution in [0.25, 0.3) is 0 Å². The molecular formula is C18H32O. The Morgan fingerprint density at radius 3 is 1.47 bits per heavy atom. The molecule has 0 aromatic heterocycles. The predicted octanol–water partition coefficient (Wildman–Crippen LogP) is 6.00. The van der Waals surface area contributed by atoms with Gasteiger partial charge in [0.05, 0.1) is 0 Å². The summed E-state index contributed by atoms with van der Waals surface area (Å²) in [7, 11) is 0. The molecule has 0 atom stereocenters. The van der Waals surface area contributed by atoms with Gasteiger partial charge >= 0.3 is 0 Å². The first-order valence-electron chi connectivity index (χ1n) is 8.11. The lowest BCUT2D eigenvalue weighted by Crippen LogP contribution is -1.80. The number of rotatable bonds is 15. The van der Waals surface area contributed by atoms with Crippen molar-refractivity contribution >= 4 is 6.29 Å². The SMILES string of the molecule is C=CCCCCCC/C=C/CCCCCCCC=O. The Morgan fingerprint density at radius 1 is 0.579 bits per heavy atom. The molecule has 0 N–H and O–H groups in total. The standard InChI is InChI=1S/C18H32O/c1-2-3-4-5-6-7-8-9-10-11-12-13-14-15-16-17-18-19/h2,9-10,18H,1,3-8,11-17H2/b10-9+. The van der Waals surface area contributed by atoms with E-state index >= 15 is 0 Å². The number of allylic oxidation sites excluding steroid dienone is 3. The molecule has 0 aromatic rings. The Kier molecular flexibility index (Phi) is 16.4. The Hall–Kier alpha value is -0.850. The van der Waals surface area contributed by atoms with Gasteiger partial charge in [-0.15, -0.1) is 6.58 Å². The van der Waals surface area contributed by atoms with Crippen LogP contribution in [-0.2, 0) is 4.79 Å². The van der Waals surface area contributed by atoms with E-state index in [1.807, 2.05) is 6.08 Å². The Morgan fingerprint density at radius 2 is 1.00 bits per heavy atom. The number of hydrogen-bond donors (Lipinski definition) is 0. The first-order valence-corrected chi connectivity index (χ1v) is 8.11. The average molecular weight is 264 g/mol. The molecular weight excluding hydrogens is 232 g/mol. The molecule has 0 aliphatic carbocycles. The Labute approximate surface area is 120 Å². The van der Waals surface area contributed by atoms with E-state index in [9.17, 15) is 4.79 Å². The van der Waals surface area contributed by atoms with Gasteiger partial charge in [0.1, 0.15) is 6.29 Å². The Balaban J connectivity index is 3.04. The van der Waals surface area contributed by atoms with Crippen LogP contribution in [0.3, 0.4) is 0 Å². The van der Waals surface area contributed by atoms with Crippen LogP contribution in [0.1, 0.15) is 83.5 Å². The van der Waals surface area contributed by atoms with Crippen molar-refractivity contribution in [3.63, 3.8) is 0 Å². The minimum Gasteiger partial charge on any atom is -0.303 e. The van der Waals surface area contributed by atoms with E-state index < -0.39 is 0 Å². The molecule has 0 bridgehead atoms. The number of aldehydes is 1. The number of carbonyl (C=O) groups is 1. The third-order valence-corrected chi connectivity index (χ3v) is 3.39. The summed E-state index contributed by atoms with van der Waals surface area (Å²) in [5, 5.41) is 0. The van der Waals surface area contributed by atoms with Crippen LogP contribution in [0.15, 0.2) is 24.8 Å². The summed E-state index contributed by atoms with van der Waals surface area (Å²) < 4.78 is 0. The molecule has 0 amide bonds. The van der Waals surface area contributed by atoms with E-state index in [2.05, 4.69) is 18.7 Å². The highest BCUT2D eigenvalue weighted by molar-refractivity contribution is 5.48. The molecule has 0 spiro atoms. The van der Waals surface area contributed by atoms with Gasteiger partial charge in [-0.3, -0.25) is 0 Å². The second kappa shape index (κ2) is 17.2. The lowest BCUT2D eigenvalue weighted by molar-refractivity contribution is -0.107. The topological polar surface area (TPSA) is 17.1 Å². The molecule has 0 aliphatic heterocycles. The number of hydrogen-bond acceptors (Lipinski definition) is 1. The molecule has 0 fully saturated rings. The largest absolute Gasteiger partial charge is 0.303 e. The minimum atomic E-state index is 0.743. The van der Waals surface area contributed by atoms with E-state index in [0.29, 0.717) is 0 Å². The summed E-state index contributed by atoms with van der Waals surface area (Å²) in [5.41, 5.74) is 0. The van der Waals surface area contributed by atoms with Crippen LogP contribution in [0.4, 0.5) is 0 Å². The molecule has 0 aliphatic rings. The maximum Gasteiger partial charge on any atom is 0.119 e. The van der Waals surface area contributed by atoms with Crippen LogP contribution >= 0.6 is 0 Å². The van der Waals surface area contributed by atoms with Gasteiger partial charge in [0.15, 0.2) is 0 Å². The van der Waals surface area contributed by atoms with Gasteiger partial charge in [0.25, 0.3) is 0 Å². The van der Waals surface area contributed by atoms with E-state index in [1.54, 1.807) is 0 Å². The molecule has 0 rings (SSSR count). The molecule has 1 nitrogen and oxygen atoms in total. The summed E-state index contributed by atoms with van der Waals surface area (Å²) in [5.74, 6) is 0. The van der Waals surface area contributed by atoms with Crippen molar-refractivity contribution < 1.29 is 4.79 Å². The fraction of sp³-hybridized carbons (Fsp3) is 0.722. The van der Waals surface area contributed by atoms with E-state index in [1.165, 1.54) is 70.6 Å². The lowest BCUT2D eigenvalue weighted by atomic mass is 10.1. The zero-order valence-corrected chi connectivity index (χ0v) is 12.6. The van der Waals surface area contributed by atoms with Crippen molar-refractivity contribution in [1.82, 2.24) is 0 Å². The molecule has 0 aromatic carbocycles. The van der Waals surface area contributed by atoms with Crippen LogP contribution in [0, 0.1) is 0 Å². The van der Waals surface area contributed by atoms with Crippen molar-refractivity contribution in [2.45, 2.75) is 83.5 Å². The minimum absolute atomic E-state index is 0.743. The maximum atomic E-state index is 10.1. The second-order valence-corrected chi connectivity index (χ2v) is 5.26. The quantitative estimate of drug-likeness (QED) is 0.201. The maximum absolute atomic E-state index is 10.1. The third-order valence-electron chi connectivity index (χ3n) is 3.39. The van der Waals surface area contributed by atoms with Gasteiger partial charge in [-0.05, 0) is 44.9 Å². The van der Waals surface area contributed by atoms with Gasteiger partial charge < -0.3 is 4.79 Å². The fourth-order valence-electron chi connectivity index (χ4n) is 2.16. The molecule has 1 heteroatoms. The molecule has 0 saturated heterocycles. The summed E-state index contributed by atoms with van der Waals surface area (Å²) in [6, 6.07) is 0. The van der Waals surface area contributed by atoms with Crippen LogP contribution in [-0.4, -0.2) is 6.29 Å². The van der Waals surface area contributed by atoms with Crippen LogP contribution < -0.4 is 0 Å². The zero-order chi connectivity index (χ0) is 14.0. The Bertz CT molecular complexity index is 218. The summed E-state index contributed by atoms with van der Waals surface area (Å²) in [4.78, 5) is 10.1. The van der Waals surface area contributed by atoms with Gasteiger partial charge in [0.2, 0.25) is 0 Å². The highest BCUT2D eigenvalue weighted by atomic mass is 16.1. The molecule has 110 valence electrons. The van der Waals surface area contributed by atoms with Gasteiger partial charge in [-0.25, -0.2) is 0 Å². The lowest BCUT2D eigenvalue weighted by Gasteiger charge is -1.98. The molecule has 0 heterocycles. The summed E-state index contributed by atoms with van der Waals surface area (Å²) in [6.07, 6.45) is 23.6. The number of unbranched alkanes of at least 4 members (excludes halogenated alkanes) is 11. The van der Waals surface area contributed by atoms with Gasteiger partial charge in [-0.2, -0.15) is 0 Å². The van der Waals surface area contributed by atoms with Gasteiger partial charge in [0, 0.05) is 6.42 Å². The number of carbonyl (C=O) groups excluding carboxylic acids is 1. The van der Waals surface area contributed by atoms with Crippen molar-refractivity contribution in [3.05, 3.63) is 24.8 Å². The van der Waals surface area contributed by atoms with Crippen molar-refractivity contribution in [1.29, 1.82) is 0 Å². The van der Waals surface area contributed by atoms with Crippen LogP contribution in [0.5, 0.6) is 0 Å². The third kappa shape index (κ3) is 17.1. The van der Waals surface area contributed by atoms with Crippen molar-refractivity contribution in [2.24, 2.45) is 0 Å². The highest BCUT2D eigenvalue weighted by Crippen LogP contribution is 2.09. The predicted molar refractivity (Wildman–Crippen MR) is 85.4 cm³/mol. The summed E-state index contributed by atoms with van der Waals surface area (Å²) in [6.45, 7) is 3.74. The first kappa shape index (κ1) is 18.1. The van der Waals surface area contributed by atoms with E-state index in [4.69, 9.17) is 0 Å². The average Bonchev–Trinajstić information content (AvgIpc) is 2.43. The second-order valence-electron chi connectivity index (χ2n) is 5.26. The highest BCUT2D eigenvalue weighted by Gasteiger charge is 1.90. The zero-order valence-electron chi connectivity index (χ0n) is 12.6. The first-order chi connectivity index (χ1) is 9.41. The molecule has 19 heavy (non-hydrogen) atoms. The normalized spacial score (nSPS) is 10.9. The smallest absolute Gasteiger partial charge is 0.119 e. The van der Waals surface area contributed by atoms with Crippen molar-refractivity contribution in [2.75, 3.05) is 0 Å². The molecule has 0 saturated carbocycles. The molecule has 0 unspecified atom stereocenters. The van der Waals surface area contributed by atoms with Crippen LogP contribution in [0.2, 0.25) is 0 Å². The molecule has 0 radical (unpaired) electrons.